The van der Waals surface area contributed by atoms with Gasteiger partial charge in [0.15, 0.2) is 0 Å². The summed E-state index contributed by atoms with van der Waals surface area (Å²) in [5.41, 5.74) is 2.42. The number of halogens is 1. The van der Waals surface area contributed by atoms with Crippen LogP contribution in [0.15, 0.2) is 18.2 Å². The van der Waals surface area contributed by atoms with E-state index in [0.29, 0.717) is 6.04 Å². The minimum atomic E-state index is 0.709. The molecular weight excluding hydrogens is 220 g/mol. The fourth-order valence-electron chi connectivity index (χ4n) is 2.95. The summed E-state index contributed by atoms with van der Waals surface area (Å²) < 4.78 is 0. The largest absolute Gasteiger partial charge is 0.382 e. The lowest BCUT2D eigenvalue weighted by atomic mass is 10.1. The van der Waals surface area contributed by atoms with Gasteiger partial charge < -0.3 is 10.2 Å². The summed E-state index contributed by atoms with van der Waals surface area (Å²) >= 11 is 6.33. The highest BCUT2D eigenvalue weighted by Crippen LogP contribution is 2.39. The second-order valence-corrected chi connectivity index (χ2v) is 5.10. The van der Waals surface area contributed by atoms with E-state index in [4.69, 9.17) is 11.6 Å². The molecule has 1 aromatic carbocycles. The lowest BCUT2D eigenvalue weighted by molar-refractivity contribution is 0.606. The number of nitrogens with one attached hydrogen (secondary N) is 1. The minimum absolute atomic E-state index is 0.709. The summed E-state index contributed by atoms with van der Waals surface area (Å²) in [7, 11) is 0. The van der Waals surface area contributed by atoms with E-state index < -0.39 is 0 Å². The van der Waals surface area contributed by atoms with Crippen LogP contribution in [-0.4, -0.2) is 19.1 Å². The molecule has 1 fully saturated rings. The van der Waals surface area contributed by atoms with Crippen LogP contribution < -0.4 is 10.2 Å². The highest BCUT2D eigenvalue weighted by molar-refractivity contribution is 6.34. The van der Waals surface area contributed by atoms with Crippen molar-refractivity contribution in [2.75, 3.05) is 23.3 Å². The van der Waals surface area contributed by atoms with Gasteiger partial charge in [-0.1, -0.05) is 30.5 Å². The fourth-order valence-corrected chi connectivity index (χ4v) is 3.24. The van der Waals surface area contributed by atoms with Crippen LogP contribution >= 0.6 is 11.6 Å². The van der Waals surface area contributed by atoms with Gasteiger partial charge in [-0.2, -0.15) is 0 Å². The van der Waals surface area contributed by atoms with Crippen molar-refractivity contribution in [2.24, 2.45) is 0 Å². The quantitative estimate of drug-likeness (QED) is 0.803. The SMILES string of the molecule is Clc1cccc2c1N(C1CCCC1)CCN2. The normalized spacial score (nSPS) is 20.7. The first-order chi connectivity index (χ1) is 7.86. The second-order valence-electron chi connectivity index (χ2n) is 4.69. The van der Waals surface area contributed by atoms with Crippen molar-refractivity contribution in [3.63, 3.8) is 0 Å². The Kier molecular flexibility index (Phi) is 2.68. The number of benzene rings is 1. The Morgan fingerprint density at radius 1 is 1.25 bits per heavy atom. The summed E-state index contributed by atoms with van der Waals surface area (Å²) in [6, 6.07) is 6.85. The van der Waals surface area contributed by atoms with Crippen molar-refractivity contribution in [1.82, 2.24) is 0 Å². The van der Waals surface area contributed by atoms with Crippen LogP contribution in [0, 0.1) is 0 Å². The third kappa shape index (κ3) is 1.65. The Morgan fingerprint density at radius 2 is 2.06 bits per heavy atom. The van der Waals surface area contributed by atoms with Crippen LogP contribution in [0.2, 0.25) is 5.02 Å². The summed E-state index contributed by atoms with van der Waals surface area (Å²) in [6.07, 6.45) is 5.39. The number of fused-ring (bicyclic) bond motifs is 1. The van der Waals surface area contributed by atoms with E-state index in [-0.39, 0.29) is 0 Å². The maximum atomic E-state index is 6.33. The van der Waals surface area contributed by atoms with Gasteiger partial charge in [0.2, 0.25) is 0 Å². The van der Waals surface area contributed by atoms with E-state index in [2.05, 4.69) is 16.3 Å². The van der Waals surface area contributed by atoms with Crippen molar-refractivity contribution in [2.45, 2.75) is 31.7 Å². The highest BCUT2D eigenvalue weighted by Gasteiger charge is 2.27. The van der Waals surface area contributed by atoms with Gasteiger partial charge in [0.25, 0.3) is 0 Å². The van der Waals surface area contributed by atoms with E-state index >= 15 is 0 Å². The number of hydrogen-bond acceptors (Lipinski definition) is 2. The molecule has 16 heavy (non-hydrogen) atoms. The molecule has 1 aliphatic heterocycles. The second kappa shape index (κ2) is 4.17. The van der Waals surface area contributed by atoms with Crippen LogP contribution in [0.3, 0.4) is 0 Å². The number of anilines is 2. The molecule has 0 spiro atoms. The lowest BCUT2D eigenvalue weighted by Crippen LogP contribution is -2.40. The Bertz CT molecular complexity index is 386. The van der Waals surface area contributed by atoms with Crippen molar-refractivity contribution in [3.05, 3.63) is 23.2 Å². The maximum absolute atomic E-state index is 6.33. The first kappa shape index (κ1) is 10.3. The molecule has 0 atom stereocenters. The van der Waals surface area contributed by atoms with Crippen molar-refractivity contribution in [1.29, 1.82) is 0 Å². The molecule has 0 saturated heterocycles. The van der Waals surface area contributed by atoms with Gasteiger partial charge in [-0.15, -0.1) is 0 Å². The van der Waals surface area contributed by atoms with Crippen LogP contribution in [0.4, 0.5) is 11.4 Å². The molecule has 3 rings (SSSR count). The zero-order valence-corrected chi connectivity index (χ0v) is 10.1. The zero-order valence-electron chi connectivity index (χ0n) is 9.38. The highest BCUT2D eigenvalue weighted by atomic mass is 35.5. The third-order valence-corrected chi connectivity index (χ3v) is 4.01. The minimum Gasteiger partial charge on any atom is -0.382 e. The molecule has 1 aromatic rings. The average molecular weight is 237 g/mol. The smallest absolute Gasteiger partial charge is 0.0794 e. The average Bonchev–Trinajstić information content (AvgIpc) is 2.82. The zero-order chi connectivity index (χ0) is 11.0. The molecule has 1 N–H and O–H groups in total. The van der Waals surface area contributed by atoms with E-state index in [0.717, 1.165) is 18.1 Å². The first-order valence-corrected chi connectivity index (χ1v) is 6.53. The summed E-state index contributed by atoms with van der Waals surface area (Å²) in [5, 5.41) is 4.32. The Balaban J connectivity index is 1.98. The van der Waals surface area contributed by atoms with Gasteiger partial charge in [-0.25, -0.2) is 0 Å². The van der Waals surface area contributed by atoms with Crippen LogP contribution in [0.25, 0.3) is 0 Å². The number of nitrogens with zero attached hydrogens (tertiary/aromatic N) is 1. The third-order valence-electron chi connectivity index (χ3n) is 3.71. The van der Waals surface area contributed by atoms with Gasteiger partial charge >= 0.3 is 0 Å². The van der Waals surface area contributed by atoms with Gasteiger partial charge in [0.1, 0.15) is 0 Å². The molecular formula is C13H17ClN2. The number of para-hydroxylation sites is 1. The van der Waals surface area contributed by atoms with E-state index in [1.165, 1.54) is 37.1 Å². The van der Waals surface area contributed by atoms with Crippen LogP contribution in [-0.2, 0) is 0 Å². The summed E-state index contributed by atoms with van der Waals surface area (Å²) in [5.74, 6) is 0. The molecule has 1 aliphatic carbocycles. The summed E-state index contributed by atoms with van der Waals surface area (Å²) in [4.78, 5) is 2.52. The molecule has 86 valence electrons. The fraction of sp³-hybridized carbons (Fsp3) is 0.538. The van der Waals surface area contributed by atoms with E-state index in [1.807, 2.05) is 12.1 Å². The molecule has 0 radical (unpaired) electrons. The Morgan fingerprint density at radius 3 is 2.88 bits per heavy atom. The number of rotatable bonds is 1. The number of hydrogen-bond donors (Lipinski definition) is 1. The van der Waals surface area contributed by atoms with E-state index in [9.17, 15) is 0 Å². The predicted molar refractivity (Wildman–Crippen MR) is 69.5 cm³/mol. The van der Waals surface area contributed by atoms with Gasteiger partial charge in [-0.05, 0) is 25.0 Å². The molecule has 2 nitrogen and oxygen atoms in total. The monoisotopic (exact) mass is 236 g/mol. The Labute approximate surface area is 102 Å². The first-order valence-electron chi connectivity index (χ1n) is 6.15. The molecule has 2 aliphatic rings. The predicted octanol–water partition coefficient (Wildman–Crippen LogP) is 3.51. The van der Waals surface area contributed by atoms with Gasteiger partial charge in [0, 0.05) is 19.1 Å². The van der Waals surface area contributed by atoms with Crippen molar-refractivity contribution >= 4 is 23.0 Å². The van der Waals surface area contributed by atoms with Crippen molar-refractivity contribution in [3.8, 4) is 0 Å². The summed E-state index contributed by atoms with van der Waals surface area (Å²) in [6.45, 7) is 2.12. The van der Waals surface area contributed by atoms with Crippen molar-refractivity contribution < 1.29 is 0 Å². The maximum Gasteiger partial charge on any atom is 0.0794 e. The van der Waals surface area contributed by atoms with Gasteiger partial charge in [0.05, 0.1) is 16.4 Å². The topological polar surface area (TPSA) is 15.3 Å². The van der Waals surface area contributed by atoms with Crippen LogP contribution in [0.5, 0.6) is 0 Å². The molecule has 1 heterocycles. The standard InChI is InChI=1S/C13H17ClN2/c14-11-6-3-7-12-13(11)16(9-8-15-12)10-4-1-2-5-10/h3,6-7,10,15H,1-2,4-5,8-9H2. The van der Waals surface area contributed by atoms with Crippen LogP contribution in [0.1, 0.15) is 25.7 Å². The lowest BCUT2D eigenvalue weighted by Gasteiger charge is -2.37. The molecule has 3 heteroatoms. The molecule has 0 amide bonds. The molecule has 1 saturated carbocycles. The molecule has 0 unspecified atom stereocenters. The Hall–Kier alpha value is -0.890. The molecule has 0 aromatic heterocycles. The van der Waals surface area contributed by atoms with Gasteiger partial charge in [-0.3, -0.25) is 0 Å². The molecule has 0 bridgehead atoms. The van der Waals surface area contributed by atoms with E-state index in [1.54, 1.807) is 0 Å².